The molecule has 0 saturated heterocycles. The van der Waals surface area contributed by atoms with Crippen molar-refractivity contribution < 1.29 is 14.5 Å². The van der Waals surface area contributed by atoms with Gasteiger partial charge in [0.25, 0.3) is 5.69 Å². The van der Waals surface area contributed by atoms with Crippen molar-refractivity contribution in [2.24, 2.45) is 0 Å². The van der Waals surface area contributed by atoms with Gasteiger partial charge in [0.2, 0.25) is 0 Å². The average molecular weight is 379 g/mol. The molecule has 0 unspecified atom stereocenters. The van der Waals surface area contributed by atoms with Crippen LogP contribution in [0.2, 0.25) is 0 Å². The molecule has 0 heterocycles. The number of nitrogens with zero attached hydrogens (tertiary/aromatic N) is 1. The molecule has 23 heavy (non-hydrogen) atoms. The molecule has 7 heteroatoms. The molecule has 1 N–H and O–H groups in total. The highest BCUT2D eigenvalue weighted by molar-refractivity contribution is 9.10. The summed E-state index contributed by atoms with van der Waals surface area (Å²) in [6.07, 6.45) is 0.623. The van der Waals surface area contributed by atoms with Crippen molar-refractivity contribution in [1.29, 1.82) is 0 Å². The van der Waals surface area contributed by atoms with Crippen LogP contribution >= 0.6 is 15.9 Å². The van der Waals surface area contributed by atoms with Gasteiger partial charge in [-0.3, -0.25) is 14.9 Å². The van der Waals surface area contributed by atoms with E-state index in [-0.39, 0.29) is 11.7 Å². The zero-order valence-corrected chi connectivity index (χ0v) is 14.0. The highest BCUT2D eigenvalue weighted by atomic mass is 79.9. The first-order valence-corrected chi connectivity index (χ1v) is 7.68. The molecule has 0 spiro atoms. The van der Waals surface area contributed by atoms with Crippen LogP contribution in [0.1, 0.15) is 12.5 Å². The van der Waals surface area contributed by atoms with Crippen LogP contribution < -0.4 is 5.32 Å². The first-order chi connectivity index (χ1) is 11.0. The Balaban J connectivity index is 2.06. The summed E-state index contributed by atoms with van der Waals surface area (Å²) >= 11 is 3.23. The molecule has 0 aliphatic rings. The van der Waals surface area contributed by atoms with Gasteiger partial charge in [0.15, 0.2) is 0 Å². The fourth-order valence-electron chi connectivity index (χ4n) is 1.98. The quantitative estimate of drug-likeness (QED) is 0.462. The number of hydrogen-bond acceptors (Lipinski definition) is 5. The number of carbonyl (C=O) groups is 1. The van der Waals surface area contributed by atoms with Crippen LogP contribution in [0.25, 0.3) is 0 Å². The predicted molar refractivity (Wildman–Crippen MR) is 90.9 cm³/mol. The number of rotatable bonds is 6. The summed E-state index contributed by atoms with van der Waals surface area (Å²) in [5.41, 5.74) is 2.18. The number of carbonyl (C=O) groups excluding carboxylic acids is 1. The fourth-order valence-corrected chi connectivity index (χ4v) is 2.33. The molecule has 0 aliphatic carbocycles. The molecule has 0 amide bonds. The van der Waals surface area contributed by atoms with Crippen LogP contribution in [0.3, 0.4) is 0 Å². The van der Waals surface area contributed by atoms with E-state index in [4.69, 9.17) is 4.74 Å². The number of esters is 1. The summed E-state index contributed by atoms with van der Waals surface area (Å²) in [5.74, 6) is -0.300. The Hall–Kier alpha value is -2.41. The van der Waals surface area contributed by atoms with Gasteiger partial charge < -0.3 is 10.1 Å². The van der Waals surface area contributed by atoms with Gasteiger partial charge in [-0.15, -0.1) is 0 Å². The number of anilines is 2. The van der Waals surface area contributed by atoms with Crippen LogP contribution in [0.5, 0.6) is 0 Å². The maximum Gasteiger partial charge on any atom is 0.302 e. The first-order valence-electron chi connectivity index (χ1n) is 6.89. The maximum atomic E-state index is 11.1. The number of ether oxygens (including phenoxy) is 1. The minimum absolute atomic E-state index is 0.00157. The molecule has 0 atom stereocenters. The van der Waals surface area contributed by atoms with E-state index in [9.17, 15) is 14.9 Å². The minimum atomic E-state index is -0.430. The minimum Gasteiger partial charge on any atom is -0.466 e. The summed E-state index contributed by atoms with van der Waals surface area (Å²) in [6.45, 7) is 1.71. The van der Waals surface area contributed by atoms with E-state index in [1.165, 1.54) is 13.0 Å². The molecular weight excluding hydrogens is 364 g/mol. The topological polar surface area (TPSA) is 81.5 Å². The Morgan fingerprint density at radius 3 is 2.57 bits per heavy atom. The van der Waals surface area contributed by atoms with Crippen LogP contribution in [0.4, 0.5) is 17.1 Å². The van der Waals surface area contributed by atoms with Gasteiger partial charge in [0.05, 0.1) is 11.5 Å². The average Bonchev–Trinajstić information content (AvgIpc) is 2.50. The second-order valence-electron chi connectivity index (χ2n) is 4.83. The number of benzene rings is 2. The summed E-state index contributed by atoms with van der Waals surface area (Å²) in [7, 11) is 0. The van der Waals surface area contributed by atoms with Gasteiger partial charge >= 0.3 is 5.97 Å². The molecular formula is C16H15BrN2O4. The number of nitro benzene ring substituents is 1. The van der Waals surface area contributed by atoms with E-state index in [1.807, 2.05) is 24.3 Å². The van der Waals surface area contributed by atoms with Crippen molar-refractivity contribution in [2.75, 3.05) is 11.9 Å². The predicted octanol–water partition coefficient (Wildman–Crippen LogP) is 4.21. The lowest BCUT2D eigenvalue weighted by Gasteiger charge is -2.08. The third kappa shape index (κ3) is 5.07. The van der Waals surface area contributed by atoms with Crippen LogP contribution in [-0.4, -0.2) is 17.5 Å². The molecule has 0 bridgehead atoms. The second-order valence-corrected chi connectivity index (χ2v) is 5.75. The maximum absolute atomic E-state index is 11.1. The van der Waals surface area contributed by atoms with E-state index in [2.05, 4.69) is 21.2 Å². The van der Waals surface area contributed by atoms with Gasteiger partial charge in [0.1, 0.15) is 5.69 Å². The van der Waals surface area contributed by atoms with E-state index < -0.39 is 4.92 Å². The van der Waals surface area contributed by atoms with Crippen LogP contribution in [0, 0.1) is 10.1 Å². The summed E-state index contributed by atoms with van der Waals surface area (Å²) in [6, 6.07) is 12.3. The van der Waals surface area contributed by atoms with Crippen molar-refractivity contribution in [3.8, 4) is 0 Å². The van der Waals surface area contributed by atoms with Crippen LogP contribution in [-0.2, 0) is 16.0 Å². The SMILES string of the molecule is CC(=O)OCCc1ccc(Nc2ccc(Br)cc2[N+](=O)[O-])cc1. The Kier molecular flexibility index (Phi) is 5.70. The Bertz CT molecular complexity index is 717. The van der Waals surface area contributed by atoms with E-state index in [0.29, 0.717) is 23.2 Å². The second kappa shape index (κ2) is 7.73. The molecule has 2 aromatic carbocycles. The van der Waals surface area contributed by atoms with Crippen molar-refractivity contribution in [1.82, 2.24) is 0 Å². The first kappa shape index (κ1) is 17.0. The molecule has 2 aromatic rings. The normalized spacial score (nSPS) is 10.2. The van der Waals surface area contributed by atoms with Gasteiger partial charge in [-0.1, -0.05) is 28.1 Å². The van der Waals surface area contributed by atoms with Crippen LogP contribution in [0.15, 0.2) is 46.9 Å². The lowest BCUT2D eigenvalue weighted by Crippen LogP contribution is -2.03. The molecule has 0 radical (unpaired) electrons. The third-order valence-corrected chi connectivity index (χ3v) is 3.58. The number of hydrogen-bond donors (Lipinski definition) is 1. The van der Waals surface area contributed by atoms with E-state index in [0.717, 1.165) is 11.3 Å². The van der Waals surface area contributed by atoms with Crippen molar-refractivity contribution in [2.45, 2.75) is 13.3 Å². The molecule has 0 aromatic heterocycles. The number of nitro groups is 1. The fraction of sp³-hybridized carbons (Fsp3) is 0.188. The van der Waals surface area contributed by atoms with E-state index in [1.54, 1.807) is 12.1 Å². The summed E-state index contributed by atoms with van der Waals surface area (Å²) in [4.78, 5) is 21.4. The molecule has 0 fully saturated rings. The van der Waals surface area contributed by atoms with Crippen molar-refractivity contribution >= 4 is 39.0 Å². The molecule has 2 rings (SSSR count). The highest BCUT2D eigenvalue weighted by Gasteiger charge is 2.14. The third-order valence-electron chi connectivity index (χ3n) is 3.09. The Morgan fingerprint density at radius 2 is 1.96 bits per heavy atom. The molecule has 0 saturated carbocycles. The van der Waals surface area contributed by atoms with Gasteiger partial charge in [-0.05, 0) is 29.8 Å². The standard InChI is InChI=1S/C16H15BrN2O4/c1-11(20)23-9-8-12-2-5-14(6-3-12)18-15-7-4-13(17)10-16(15)19(21)22/h2-7,10,18H,8-9H2,1H3. The zero-order valence-electron chi connectivity index (χ0n) is 12.4. The van der Waals surface area contributed by atoms with Gasteiger partial charge in [-0.25, -0.2) is 0 Å². The summed E-state index contributed by atoms with van der Waals surface area (Å²) < 4.78 is 5.54. The summed E-state index contributed by atoms with van der Waals surface area (Å²) in [5, 5.41) is 14.1. The van der Waals surface area contributed by atoms with Gasteiger partial charge in [0, 0.05) is 29.6 Å². The molecule has 0 aliphatic heterocycles. The number of nitrogens with one attached hydrogen (secondary N) is 1. The molecule has 120 valence electrons. The zero-order chi connectivity index (χ0) is 16.8. The van der Waals surface area contributed by atoms with Crippen molar-refractivity contribution in [3.63, 3.8) is 0 Å². The highest BCUT2D eigenvalue weighted by Crippen LogP contribution is 2.30. The lowest BCUT2D eigenvalue weighted by molar-refractivity contribution is -0.384. The number of halogens is 1. The Labute approximate surface area is 141 Å². The lowest BCUT2D eigenvalue weighted by atomic mass is 10.1. The van der Waals surface area contributed by atoms with E-state index >= 15 is 0 Å². The largest absolute Gasteiger partial charge is 0.466 e. The smallest absolute Gasteiger partial charge is 0.302 e. The van der Waals surface area contributed by atoms with Gasteiger partial charge in [-0.2, -0.15) is 0 Å². The monoisotopic (exact) mass is 378 g/mol. The Morgan fingerprint density at radius 1 is 1.26 bits per heavy atom. The van der Waals surface area contributed by atoms with Crippen molar-refractivity contribution in [3.05, 3.63) is 62.6 Å². The molecule has 6 nitrogen and oxygen atoms in total.